The van der Waals surface area contributed by atoms with Crippen molar-refractivity contribution in [1.29, 1.82) is 0 Å². The van der Waals surface area contributed by atoms with Crippen LogP contribution in [0.1, 0.15) is 125 Å². The van der Waals surface area contributed by atoms with Gasteiger partial charge >= 0.3 is 0 Å². The van der Waals surface area contributed by atoms with Crippen LogP contribution in [0.4, 0.5) is 0 Å². The molecule has 0 bridgehead atoms. The van der Waals surface area contributed by atoms with Crippen molar-refractivity contribution in [3.63, 3.8) is 0 Å². The van der Waals surface area contributed by atoms with Gasteiger partial charge in [-0.2, -0.15) is 0 Å². The summed E-state index contributed by atoms with van der Waals surface area (Å²) in [7, 11) is 0. The summed E-state index contributed by atoms with van der Waals surface area (Å²) in [6.45, 7) is 4.55. The number of hydrogen-bond donors (Lipinski definition) is 0. The highest BCUT2D eigenvalue weighted by molar-refractivity contribution is 6.41. The van der Waals surface area contributed by atoms with Crippen molar-refractivity contribution in [2.24, 2.45) is 0 Å². The maximum Gasteiger partial charge on any atom is 0.261 e. The quantitative estimate of drug-likeness (QED) is 0.0505. The van der Waals surface area contributed by atoms with Crippen LogP contribution in [0.3, 0.4) is 0 Å². The minimum absolute atomic E-state index is 0.130. The van der Waals surface area contributed by atoms with Crippen LogP contribution in [0.5, 0.6) is 0 Å². The fraction of sp³-hybridized carbons (Fsp3) is 0.259. The van der Waals surface area contributed by atoms with Crippen molar-refractivity contribution in [1.82, 2.24) is 9.80 Å². The molecule has 296 valence electrons. The molecule has 60 heavy (non-hydrogen) atoms. The lowest BCUT2D eigenvalue weighted by molar-refractivity contribution is 0.0514. The Labute approximate surface area is 348 Å². The summed E-state index contributed by atoms with van der Waals surface area (Å²) < 4.78 is 0. The number of hydrogen-bond acceptors (Lipinski definition) is 4. The Morgan fingerprint density at radius 1 is 0.400 bits per heavy atom. The largest absolute Gasteiger partial charge is 0.271 e. The Bertz CT molecular complexity index is 3120. The number of carbonyl (C=O) groups is 4. The third-order valence-electron chi connectivity index (χ3n) is 13.8. The summed E-state index contributed by atoms with van der Waals surface area (Å²) in [5.41, 5.74) is 3.06. The molecule has 0 spiro atoms. The Kier molecular flexibility index (Phi) is 8.63. The van der Waals surface area contributed by atoms with Gasteiger partial charge in [0.2, 0.25) is 0 Å². The minimum atomic E-state index is -0.312. The number of carbonyl (C=O) groups excluding carboxylic acids is 4. The summed E-state index contributed by atoms with van der Waals surface area (Å²) in [6, 6.07) is 34.4. The lowest BCUT2D eigenvalue weighted by atomic mass is 9.82. The second-order valence-corrected chi connectivity index (χ2v) is 17.3. The lowest BCUT2D eigenvalue weighted by Crippen LogP contribution is -2.47. The normalized spacial score (nSPS) is 14.4. The standard InChI is InChI=1S/C54H46N2O4/c1-3-5-7-9-14-35(15-10-8-6-4-2)56-53(59)43-28-24-39-37-22-26-41-49-42(27-23-38(47(37)49)40-25-29-44(54(56)60)50(43)48(39)40)52(58)55(51(41)57)30-34-19-18-33-17-16-31-12-11-13-32-20-21-36(34)46(33)45(31)32/h11-13,16-29,35H,3-10,14-15,30H2,1-2H3. The molecule has 11 rings (SSSR count). The first-order valence-electron chi connectivity index (χ1n) is 22.0. The van der Waals surface area contributed by atoms with Crippen LogP contribution in [-0.2, 0) is 6.54 Å². The van der Waals surface area contributed by atoms with E-state index in [4.69, 9.17) is 0 Å². The van der Waals surface area contributed by atoms with Crippen LogP contribution in [0, 0.1) is 0 Å². The fourth-order valence-electron chi connectivity index (χ4n) is 10.9. The molecule has 0 saturated heterocycles. The molecule has 2 heterocycles. The van der Waals surface area contributed by atoms with Crippen LogP contribution in [0.25, 0.3) is 75.4 Å². The molecule has 9 aromatic carbocycles. The maximum absolute atomic E-state index is 14.6. The van der Waals surface area contributed by atoms with Crippen LogP contribution in [0.2, 0.25) is 0 Å². The van der Waals surface area contributed by atoms with Gasteiger partial charge in [0, 0.05) is 39.1 Å². The van der Waals surface area contributed by atoms with Gasteiger partial charge in [0.05, 0.1) is 6.54 Å². The smallest absolute Gasteiger partial charge is 0.261 e. The number of nitrogens with zero attached hydrogens (tertiary/aromatic N) is 2. The van der Waals surface area contributed by atoms with Crippen molar-refractivity contribution in [2.45, 2.75) is 90.6 Å². The van der Waals surface area contributed by atoms with E-state index in [1.54, 1.807) is 4.90 Å². The second-order valence-electron chi connectivity index (χ2n) is 17.3. The molecule has 0 radical (unpaired) electrons. The maximum atomic E-state index is 14.6. The highest BCUT2D eigenvalue weighted by Crippen LogP contribution is 2.47. The predicted octanol–water partition coefficient (Wildman–Crippen LogP) is 13.3. The van der Waals surface area contributed by atoms with Crippen LogP contribution in [0.15, 0.2) is 103 Å². The van der Waals surface area contributed by atoms with E-state index in [0.29, 0.717) is 33.0 Å². The molecule has 2 aliphatic heterocycles. The van der Waals surface area contributed by atoms with Crippen molar-refractivity contribution < 1.29 is 19.2 Å². The Hall–Kier alpha value is -6.40. The van der Waals surface area contributed by atoms with Gasteiger partial charge in [-0.15, -0.1) is 0 Å². The van der Waals surface area contributed by atoms with Gasteiger partial charge in [-0.3, -0.25) is 29.0 Å². The topological polar surface area (TPSA) is 74.8 Å². The van der Waals surface area contributed by atoms with Gasteiger partial charge < -0.3 is 0 Å². The van der Waals surface area contributed by atoms with E-state index in [-0.39, 0.29) is 36.2 Å². The monoisotopic (exact) mass is 786 g/mol. The average Bonchev–Trinajstić information content (AvgIpc) is 3.27. The number of rotatable bonds is 13. The summed E-state index contributed by atoms with van der Waals surface area (Å²) in [6.07, 6.45) is 10.4. The molecule has 6 nitrogen and oxygen atoms in total. The highest BCUT2D eigenvalue weighted by Gasteiger charge is 2.39. The number of benzene rings is 9. The van der Waals surface area contributed by atoms with E-state index in [1.807, 2.05) is 54.6 Å². The van der Waals surface area contributed by atoms with Crippen molar-refractivity contribution >= 4 is 99.0 Å². The molecule has 2 aliphatic rings. The van der Waals surface area contributed by atoms with Crippen molar-refractivity contribution in [2.75, 3.05) is 0 Å². The molecule has 4 amide bonds. The first-order chi connectivity index (χ1) is 29.4. The van der Waals surface area contributed by atoms with Gasteiger partial charge in [0.15, 0.2) is 0 Å². The van der Waals surface area contributed by atoms with Crippen LogP contribution >= 0.6 is 0 Å². The van der Waals surface area contributed by atoms with Gasteiger partial charge in [-0.1, -0.05) is 144 Å². The molecule has 0 saturated carbocycles. The van der Waals surface area contributed by atoms with Gasteiger partial charge in [-0.05, 0) is 107 Å². The molecule has 0 N–H and O–H groups in total. The molecular formula is C54H46N2O4. The Morgan fingerprint density at radius 3 is 1.33 bits per heavy atom. The van der Waals surface area contributed by atoms with E-state index < -0.39 is 0 Å². The summed E-state index contributed by atoms with van der Waals surface area (Å²) in [5.74, 6) is -1.03. The molecule has 0 aliphatic carbocycles. The lowest BCUT2D eigenvalue weighted by Gasteiger charge is -2.35. The fourth-order valence-corrected chi connectivity index (χ4v) is 10.9. The summed E-state index contributed by atoms with van der Waals surface area (Å²) in [4.78, 5) is 61.2. The van der Waals surface area contributed by atoms with Gasteiger partial charge in [-0.25, -0.2) is 0 Å². The predicted molar refractivity (Wildman–Crippen MR) is 244 cm³/mol. The summed E-state index contributed by atoms with van der Waals surface area (Å²) >= 11 is 0. The molecule has 0 fully saturated rings. The first-order valence-corrected chi connectivity index (χ1v) is 22.0. The van der Waals surface area contributed by atoms with E-state index in [0.717, 1.165) is 118 Å². The zero-order valence-electron chi connectivity index (χ0n) is 34.2. The number of unbranched alkanes of at least 4 members (excludes halogenated alkanes) is 6. The zero-order chi connectivity index (χ0) is 40.8. The number of imide groups is 2. The highest BCUT2D eigenvalue weighted by atomic mass is 16.2. The molecule has 0 atom stereocenters. The molecular weight excluding hydrogens is 741 g/mol. The number of fused-ring (bicyclic) bond motifs is 2. The average molecular weight is 787 g/mol. The second kappa shape index (κ2) is 14.1. The molecule has 9 aromatic rings. The molecule has 6 heteroatoms. The third kappa shape index (κ3) is 5.25. The van der Waals surface area contributed by atoms with E-state index in [9.17, 15) is 19.2 Å². The zero-order valence-corrected chi connectivity index (χ0v) is 34.2. The molecule has 0 unspecified atom stereocenters. The van der Waals surface area contributed by atoms with Gasteiger partial charge in [0.25, 0.3) is 23.6 Å². The van der Waals surface area contributed by atoms with Crippen LogP contribution < -0.4 is 0 Å². The van der Waals surface area contributed by atoms with E-state index >= 15 is 0 Å². The third-order valence-corrected chi connectivity index (χ3v) is 13.8. The number of amides is 4. The van der Waals surface area contributed by atoms with Crippen LogP contribution in [-0.4, -0.2) is 39.5 Å². The Morgan fingerprint density at radius 2 is 0.833 bits per heavy atom. The Balaban J connectivity index is 0.999. The minimum Gasteiger partial charge on any atom is -0.271 e. The van der Waals surface area contributed by atoms with Crippen molar-refractivity contribution in [3.05, 3.63) is 131 Å². The van der Waals surface area contributed by atoms with E-state index in [1.165, 1.54) is 21.1 Å². The summed E-state index contributed by atoms with van der Waals surface area (Å²) in [5, 5.41) is 13.6. The molecule has 0 aromatic heterocycles. The van der Waals surface area contributed by atoms with Crippen molar-refractivity contribution in [3.8, 4) is 0 Å². The van der Waals surface area contributed by atoms with E-state index in [2.05, 4.69) is 62.4 Å². The first kappa shape index (κ1) is 36.7. The van der Waals surface area contributed by atoms with Gasteiger partial charge in [0.1, 0.15) is 0 Å². The SMILES string of the molecule is CCCCCCC(CCCCCC)N1C(=O)c2ccc3c4ccc5c6c(ccc(c7ccc(c2c37)C1=O)c64)C(=O)N(Cc1ccc2ccc3cccc4ccc1c2c34)C5=O.